The summed E-state index contributed by atoms with van der Waals surface area (Å²) in [7, 11) is 1.64. The van der Waals surface area contributed by atoms with E-state index in [2.05, 4.69) is 9.56 Å². The first-order valence-corrected chi connectivity index (χ1v) is 9.08. The molecule has 2 heterocycles. The van der Waals surface area contributed by atoms with Crippen molar-refractivity contribution >= 4 is 17.8 Å². The van der Waals surface area contributed by atoms with Gasteiger partial charge in [0, 0.05) is 17.1 Å². The van der Waals surface area contributed by atoms with Crippen LogP contribution in [0.15, 0.2) is 52.4 Å². The lowest BCUT2D eigenvalue weighted by Gasteiger charge is -2.10. The number of rotatable bonds is 5. The fourth-order valence-electron chi connectivity index (χ4n) is 3.35. The molecule has 0 aliphatic carbocycles. The first-order chi connectivity index (χ1) is 13.4. The Morgan fingerprint density at radius 1 is 1.21 bits per heavy atom. The lowest BCUT2D eigenvalue weighted by molar-refractivity contribution is -0.138. The van der Waals surface area contributed by atoms with Gasteiger partial charge in [-0.3, -0.25) is 0 Å². The second-order valence-electron chi connectivity index (χ2n) is 6.53. The van der Waals surface area contributed by atoms with E-state index in [1.165, 1.54) is 0 Å². The number of benzene rings is 1. The van der Waals surface area contributed by atoms with Gasteiger partial charge in [-0.15, -0.1) is 0 Å². The molecule has 0 saturated heterocycles. The highest BCUT2D eigenvalue weighted by Crippen LogP contribution is 2.29. The smallest absolute Gasteiger partial charge is 0.343 e. The van der Waals surface area contributed by atoms with Gasteiger partial charge in [-0.2, -0.15) is 0 Å². The zero-order valence-electron chi connectivity index (χ0n) is 16.7. The van der Waals surface area contributed by atoms with Gasteiger partial charge in [0.2, 0.25) is 0 Å². The van der Waals surface area contributed by atoms with Crippen LogP contribution in [0.3, 0.4) is 0 Å². The quantitative estimate of drug-likeness (QED) is 0.785. The van der Waals surface area contributed by atoms with E-state index >= 15 is 0 Å². The molecule has 1 aromatic carbocycles. The third kappa shape index (κ3) is 3.45. The highest BCUT2D eigenvalue weighted by Gasteiger charge is 2.28. The third-order valence-electron chi connectivity index (χ3n) is 4.70. The van der Waals surface area contributed by atoms with Gasteiger partial charge in [-0.05, 0) is 69.7 Å². The van der Waals surface area contributed by atoms with Crippen LogP contribution >= 0.6 is 0 Å². The summed E-state index contributed by atoms with van der Waals surface area (Å²) in [5, 5.41) is 10.5. The molecule has 1 aliphatic heterocycles. The Kier molecular flexibility index (Phi) is 5.40. The summed E-state index contributed by atoms with van der Waals surface area (Å²) in [5.41, 5.74) is 4.90. The van der Waals surface area contributed by atoms with Gasteiger partial charge < -0.3 is 19.1 Å². The zero-order chi connectivity index (χ0) is 20.4. The van der Waals surface area contributed by atoms with Gasteiger partial charge in [0.1, 0.15) is 17.0 Å². The Balaban J connectivity index is 2.01. The van der Waals surface area contributed by atoms with E-state index in [1.54, 1.807) is 27.0 Å². The minimum absolute atomic E-state index is 0.122. The molecule has 0 bridgehead atoms. The van der Waals surface area contributed by atoms with Gasteiger partial charge in [-0.25, -0.2) is 9.79 Å². The summed E-state index contributed by atoms with van der Waals surface area (Å²) in [4.78, 5) is 16.4. The van der Waals surface area contributed by atoms with E-state index in [1.807, 2.05) is 44.2 Å². The van der Waals surface area contributed by atoms with Crippen LogP contribution in [0.5, 0.6) is 5.75 Å². The highest BCUT2D eigenvalue weighted by atomic mass is 16.5. The Hall–Kier alpha value is -3.28. The zero-order valence-corrected chi connectivity index (χ0v) is 16.7. The van der Waals surface area contributed by atoms with Crippen LogP contribution in [0.4, 0.5) is 0 Å². The summed E-state index contributed by atoms with van der Waals surface area (Å²) >= 11 is 0. The third-order valence-corrected chi connectivity index (χ3v) is 4.70. The number of nitrogens with zero attached hydrogens (tertiary/aromatic N) is 2. The molecule has 28 heavy (non-hydrogen) atoms. The molecule has 0 unspecified atom stereocenters. The number of aromatic nitrogens is 1. The molecular formula is C22H24N2O4. The second kappa shape index (κ2) is 7.76. The lowest BCUT2D eigenvalue weighted by Crippen LogP contribution is -2.13. The van der Waals surface area contributed by atoms with Crippen LogP contribution in [0, 0.1) is 13.8 Å². The Bertz CT molecular complexity index is 1010. The molecule has 0 atom stereocenters. The summed E-state index contributed by atoms with van der Waals surface area (Å²) in [6.07, 6.45) is 1.79. The van der Waals surface area contributed by atoms with Crippen molar-refractivity contribution in [2.24, 2.45) is 4.99 Å². The van der Waals surface area contributed by atoms with Crippen molar-refractivity contribution < 1.29 is 19.4 Å². The van der Waals surface area contributed by atoms with Crippen LogP contribution in [-0.2, 0) is 9.53 Å². The van der Waals surface area contributed by atoms with Gasteiger partial charge in [-0.1, -0.05) is 0 Å². The maximum absolute atomic E-state index is 12.1. The number of hydrogen-bond donors (Lipinski definition) is 1. The molecule has 0 saturated carbocycles. The maximum atomic E-state index is 12.1. The van der Waals surface area contributed by atoms with E-state index in [0.29, 0.717) is 11.4 Å². The molecular weight excluding hydrogens is 356 g/mol. The molecule has 0 amide bonds. The van der Waals surface area contributed by atoms with Gasteiger partial charge >= 0.3 is 5.97 Å². The van der Waals surface area contributed by atoms with Crippen LogP contribution in [0.25, 0.3) is 11.8 Å². The summed E-state index contributed by atoms with van der Waals surface area (Å²) < 4.78 is 12.3. The van der Waals surface area contributed by atoms with Gasteiger partial charge in [0.05, 0.1) is 19.4 Å². The SMILES string of the molecule is CCOC(=O)C1=C(O)/C(=C\c2cc(C)n(-c3ccc(OC)cc3)c2C)N=C1C. The van der Waals surface area contributed by atoms with E-state index in [9.17, 15) is 9.90 Å². The number of aryl methyl sites for hydroxylation is 1. The normalized spacial score (nSPS) is 15.2. The predicted molar refractivity (Wildman–Crippen MR) is 109 cm³/mol. The molecule has 6 nitrogen and oxygen atoms in total. The number of ether oxygens (including phenoxy) is 2. The number of carbonyl (C=O) groups is 1. The molecule has 0 fully saturated rings. The Labute approximate surface area is 164 Å². The molecule has 1 aliphatic rings. The average molecular weight is 380 g/mol. The number of hydrogen-bond acceptors (Lipinski definition) is 5. The van der Waals surface area contributed by atoms with Crippen molar-refractivity contribution in [3.05, 3.63) is 64.3 Å². The van der Waals surface area contributed by atoms with Crippen molar-refractivity contribution in [1.29, 1.82) is 0 Å². The van der Waals surface area contributed by atoms with Crippen LogP contribution in [0.1, 0.15) is 30.8 Å². The van der Waals surface area contributed by atoms with Crippen molar-refractivity contribution in [1.82, 2.24) is 4.57 Å². The lowest BCUT2D eigenvalue weighted by atomic mass is 10.1. The van der Waals surface area contributed by atoms with Crippen LogP contribution in [-0.4, -0.2) is 35.1 Å². The standard InChI is InChI=1S/C22H24N2O4/c1-6-28-22(26)20-14(3)23-19(21(20)25)12-16-11-13(2)24(15(16)4)17-7-9-18(27-5)10-8-17/h7-12,25H,6H2,1-5H3/b19-12+. The van der Waals surface area contributed by atoms with Gasteiger partial charge in [0.25, 0.3) is 0 Å². The molecule has 2 aromatic rings. The molecule has 1 N–H and O–H groups in total. The number of aliphatic imine (C=N–C) groups is 1. The number of methoxy groups -OCH3 is 1. The van der Waals surface area contributed by atoms with E-state index in [0.717, 1.165) is 28.4 Å². The monoisotopic (exact) mass is 380 g/mol. The minimum atomic E-state index is -0.562. The average Bonchev–Trinajstić information content (AvgIpc) is 3.10. The largest absolute Gasteiger partial charge is 0.505 e. The number of aliphatic hydroxyl groups excluding tert-OH is 1. The van der Waals surface area contributed by atoms with Crippen LogP contribution in [0.2, 0.25) is 0 Å². The topological polar surface area (TPSA) is 73.0 Å². The van der Waals surface area contributed by atoms with Crippen molar-refractivity contribution in [2.45, 2.75) is 27.7 Å². The number of carbonyl (C=O) groups excluding carboxylic acids is 1. The fraction of sp³-hybridized carbons (Fsp3) is 0.273. The van der Waals surface area contributed by atoms with Crippen molar-refractivity contribution in [3.8, 4) is 11.4 Å². The number of esters is 1. The predicted octanol–water partition coefficient (Wildman–Crippen LogP) is 4.29. The molecule has 1 aromatic heterocycles. The molecule has 3 rings (SSSR count). The molecule has 6 heteroatoms. The van der Waals surface area contributed by atoms with Gasteiger partial charge in [0.15, 0.2) is 5.76 Å². The summed E-state index contributed by atoms with van der Waals surface area (Å²) in [5.74, 6) is 0.0874. The highest BCUT2D eigenvalue weighted by molar-refractivity contribution is 6.22. The number of aliphatic hydroxyl groups is 1. The first kappa shape index (κ1) is 19.5. The fourth-order valence-corrected chi connectivity index (χ4v) is 3.35. The molecule has 0 radical (unpaired) electrons. The van der Waals surface area contributed by atoms with E-state index < -0.39 is 5.97 Å². The van der Waals surface area contributed by atoms with E-state index in [-0.39, 0.29) is 17.9 Å². The first-order valence-electron chi connectivity index (χ1n) is 9.08. The second-order valence-corrected chi connectivity index (χ2v) is 6.53. The van der Waals surface area contributed by atoms with Crippen molar-refractivity contribution in [2.75, 3.05) is 13.7 Å². The van der Waals surface area contributed by atoms with E-state index in [4.69, 9.17) is 9.47 Å². The van der Waals surface area contributed by atoms with Crippen molar-refractivity contribution in [3.63, 3.8) is 0 Å². The van der Waals surface area contributed by atoms with Crippen LogP contribution < -0.4 is 4.74 Å². The maximum Gasteiger partial charge on any atom is 0.343 e. The Morgan fingerprint density at radius 2 is 1.89 bits per heavy atom. The Morgan fingerprint density at radius 3 is 2.50 bits per heavy atom. The summed E-state index contributed by atoms with van der Waals surface area (Å²) in [6, 6.07) is 9.83. The molecule has 146 valence electrons. The summed E-state index contributed by atoms with van der Waals surface area (Å²) in [6.45, 7) is 7.67. The molecule has 0 spiro atoms. The minimum Gasteiger partial charge on any atom is -0.505 e.